The van der Waals surface area contributed by atoms with Crippen molar-refractivity contribution in [1.82, 2.24) is 4.98 Å². The van der Waals surface area contributed by atoms with E-state index in [-0.39, 0.29) is 27.9 Å². The molecule has 2 aromatic heterocycles. The number of aryl methyl sites for hydroxylation is 1. The molecular weight excluding hydrogens is 405 g/mol. The lowest BCUT2D eigenvalue weighted by molar-refractivity contribution is 0.450. The highest BCUT2D eigenvalue weighted by Gasteiger charge is 2.22. The van der Waals surface area contributed by atoms with Gasteiger partial charge in [-0.25, -0.2) is 9.18 Å². The molecule has 0 aliphatic heterocycles. The first-order valence-electron chi connectivity index (χ1n) is 9.20. The summed E-state index contributed by atoms with van der Waals surface area (Å²) < 4.78 is 18.8. The Labute approximate surface area is 177 Å². The summed E-state index contributed by atoms with van der Waals surface area (Å²) in [6, 6.07) is 12.9. The van der Waals surface area contributed by atoms with Crippen molar-refractivity contribution in [3.8, 4) is 39.3 Å². The Balaban J connectivity index is 1.87. The molecule has 0 atom stereocenters. The fraction of sp³-hybridized carbons (Fsp3) is 0.0833. The van der Waals surface area contributed by atoms with Gasteiger partial charge in [0.25, 0.3) is 0 Å². The molecule has 0 amide bonds. The number of hydrogen-bond donors (Lipinski definition) is 1. The predicted molar refractivity (Wildman–Crippen MR) is 115 cm³/mol. The maximum atomic E-state index is 13.2. The van der Waals surface area contributed by atoms with Gasteiger partial charge in [0.2, 0.25) is 0 Å². The second-order valence-corrected chi connectivity index (χ2v) is 7.37. The highest BCUT2D eigenvalue weighted by atomic mass is 35.5. The molecule has 150 valence electrons. The maximum absolute atomic E-state index is 13.2. The minimum absolute atomic E-state index is 0.00102. The van der Waals surface area contributed by atoms with Crippen molar-refractivity contribution in [2.24, 2.45) is 0 Å². The molecule has 0 aliphatic carbocycles. The van der Waals surface area contributed by atoms with Crippen LogP contribution in [0.15, 0.2) is 70.1 Å². The Bertz CT molecular complexity index is 1300. The fourth-order valence-electron chi connectivity index (χ4n) is 3.44. The topological polar surface area (TPSA) is 63.3 Å². The van der Waals surface area contributed by atoms with Crippen molar-refractivity contribution in [2.75, 3.05) is 0 Å². The Morgan fingerprint density at radius 3 is 2.43 bits per heavy atom. The Morgan fingerprint density at radius 1 is 1.03 bits per heavy atom. The Morgan fingerprint density at radius 2 is 1.77 bits per heavy atom. The van der Waals surface area contributed by atoms with E-state index in [4.69, 9.17) is 16.0 Å². The molecule has 6 heteroatoms. The molecule has 0 aliphatic rings. The molecule has 2 heterocycles. The molecule has 0 unspecified atom stereocenters. The first kappa shape index (κ1) is 19.9. The predicted octanol–water partition coefficient (Wildman–Crippen LogP) is 6.15. The summed E-state index contributed by atoms with van der Waals surface area (Å²) >= 11 is 6.49. The number of hydrogen-bond acceptors (Lipinski definition) is 4. The largest absolute Gasteiger partial charge is 0.507 e. The lowest BCUT2D eigenvalue weighted by atomic mass is 9.95. The first-order chi connectivity index (χ1) is 14.4. The minimum atomic E-state index is -0.701. The Kier molecular flexibility index (Phi) is 5.14. The molecule has 0 spiro atoms. The van der Waals surface area contributed by atoms with Crippen LogP contribution in [-0.4, -0.2) is 10.1 Å². The van der Waals surface area contributed by atoms with Gasteiger partial charge in [-0.15, -0.1) is 0 Å². The zero-order chi connectivity index (χ0) is 21.4. The molecule has 4 aromatic rings. The second-order valence-electron chi connectivity index (χ2n) is 6.96. The molecule has 0 saturated heterocycles. The van der Waals surface area contributed by atoms with E-state index in [9.17, 15) is 14.3 Å². The SMILES string of the molecule is Cc1cc(-c2c(O)c(C)c(-c3cccnc3)oc2=O)c(Cl)cc1-c1ccc(F)cc1. The molecular formula is C24H17ClFNO3. The molecule has 0 fully saturated rings. The monoisotopic (exact) mass is 421 g/mol. The number of pyridine rings is 1. The molecule has 4 rings (SSSR count). The van der Waals surface area contributed by atoms with E-state index in [2.05, 4.69) is 4.98 Å². The van der Waals surface area contributed by atoms with Crippen LogP contribution in [0.5, 0.6) is 5.75 Å². The first-order valence-corrected chi connectivity index (χ1v) is 9.58. The van der Waals surface area contributed by atoms with Crippen molar-refractivity contribution in [3.63, 3.8) is 0 Å². The number of nitrogens with zero attached hydrogens (tertiary/aromatic N) is 1. The van der Waals surface area contributed by atoms with E-state index in [1.807, 2.05) is 6.92 Å². The van der Waals surface area contributed by atoms with E-state index in [0.717, 1.165) is 16.7 Å². The summed E-state index contributed by atoms with van der Waals surface area (Å²) in [4.78, 5) is 16.8. The number of aromatic hydroxyl groups is 1. The number of rotatable bonds is 3. The third kappa shape index (κ3) is 3.48. The summed E-state index contributed by atoms with van der Waals surface area (Å²) in [7, 11) is 0. The van der Waals surface area contributed by atoms with E-state index in [0.29, 0.717) is 16.7 Å². The number of benzene rings is 2. The number of halogens is 2. The van der Waals surface area contributed by atoms with Gasteiger partial charge >= 0.3 is 5.63 Å². The molecule has 2 aromatic carbocycles. The highest BCUT2D eigenvalue weighted by Crippen LogP contribution is 2.40. The molecule has 0 radical (unpaired) electrons. The van der Waals surface area contributed by atoms with Gasteiger partial charge in [0.15, 0.2) is 0 Å². The quantitative estimate of drug-likeness (QED) is 0.431. The van der Waals surface area contributed by atoms with Gasteiger partial charge in [-0.3, -0.25) is 4.98 Å². The van der Waals surface area contributed by atoms with Crippen molar-refractivity contribution in [1.29, 1.82) is 0 Å². The molecule has 30 heavy (non-hydrogen) atoms. The van der Waals surface area contributed by atoms with E-state index < -0.39 is 5.63 Å². The summed E-state index contributed by atoms with van der Waals surface area (Å²) in [6.45, 7) is 3.52. The van der Waals surface area contributed by atoms with Crippen LogP contribution in [0.1, 0.15) is 11.1 Å². The maximum Gasteiger partial charge on any atom is 0.348 e. The fourth-order valence-corrected chi connectivity index (χ4v) is 3.69. The average molecular weight is 422 g/mol. The van der Waals surface area contributed by atoms with Crippen LogP contribution in [0.2, 0.25) is 5.02 Å². The van der Waals surface area contributed by atoms with Crippen molar-refractivity contribution in [2.45, 2.75) is 13.8 Å². The smallest absolute Gasteiger partial charge is 0.348 e. The van der Waals surface area contributed by atoms with Crippen LogP contribution < -0.4 is 5.63 Å². The van der Waals surface area contributed by atoms with Crippen molar-refractivity contribution >= 4 is 11.6 Å². The molecule has 1 N–H and O–H groups in total. The van der Waals surface area contributed by atoms with Crippen molar-refractivity contribution in [3.05, 3.63) is 93.3 Å². The van der Waals surface area contributed by atoms with Crippen LogP contribution >= 0.6 is 11.6 Å². The summed E-state index contributed by atoms with van der Waals surface area (Å²) in [5.74, 6) is -0.267. The van der Waals surface area contributed by atoms with Crippen molar-refractivity contribution < 1.29 is 13.9 Å². The summed E-state index contributed by atoms with van der Waals surface area (Å²) in [5.41, 5.74) is 3.07. The van der Waals surface area contributed by atoms with E-state index >= 15 is 0 Å². The van der Waals surface area contributed by atoms with Gasteiger partial charge in [-0.05, 0) is 66.9 Å². The van der Waals surface area contributed by atoms with Gasteiger partial charge < -0.3 is 9.52 Å². The van der Waals surface area contributed by atoms with Crippen LogP contribution in [-0.2, 0) is 0 Å². The van der Waals surface area contributed by atoms with Crippen LogP contribution in [0.25, 0.3) is 33.6 Å². The van der Waals surface area contributed by atoms with Gasteiger partial charge in [0, 0.05) is 34.1 Å². The average Bonchev–Trinajstić information content (AvgIpc) is 2.74. The zero-order valence-electron chi connectivity index (χ0n) is 16.2. The highest BCUT2D eigenvalue weighted by molar-refractivity contribution is 6.33. The summed E-state index contributed by atoms with van der Waals surface area (Å²) in [6.07, 6.45) is 3.16. The lowest BCUT2D eigenvalue weighted by Crippen LogP contribution is -2.07. The standard InChI is InChI=1S/C24H17ClFNO3/c1-13-10-19(20(25)11-18(13)15-5-7-17(26)8-6-15)21-22(28)14(2)23(30-24(21)29)16-4-3-9-27-12-16/h3-12,28H,1-2H3. The minimum Gasteiger partial charge on any atom is -0.507 e. The van der Waals surface area contributed by atoms with Crippen LogP contribution in [0.4, 0.5) is 4.39 Å². The molecule has 4 nitrogen and oxygen atoms in total. The zero-order valence-corrected chi connectivity index (χ0v) is 17.0. The van der Waals surface area contributed by atoms with Gasteiger partial charge in [0.1, 0.15) is 22.9 Å². The number of aromatic nitrogens is 1. The summed E-state index contributed by atoms with van der Waals surface area (Å²) in [5, 5.41) is 11.1. The second kappa shape index (κ2) is 7.76. The Hall–Kier alpha value is -3.44. The van der Waals surface area contributed by atoms with E-state index in [1.54, 1.807) is 55.7 Å². The van der Waals surface area contributed by atoms with E-state index in [1.165, 1.54) is 12.1 Å². The van der Waals surface area contributed by atoms with Crippen LogP contribution in [0, 0.1) is 19.7 Å². The van der Waals surface area contributed by atoms with Gasteiger partial charge in [-0.1, -0.05) is 23.7 Å². The van der Waals surface area contributed by atoms with Crippen LogP contribution in [0.3, 0.4) is 0 Å². The van der Waals surface area contributed by atoms with Gasteiger partial charge in [-0.2, -0.15) is 0 Å². The molecule has 0 saturated carbocycles. The molecule has 0 bridgehead atoms. The normalized spacial score (nSPS) is 10.9. The third-order valence-electron chi connectivity index (χ3n) is 4.99. The lowest BCUT2D eigenvalue weighted by Gasteiger charge is -2.14. The van der Waals surface area contributed by atoms with Gasteiger partial charge in [0.05, 0.1) is 0 Å². The third-order valence-corrected chi connectivity index (χ3v) is 5.31.